The molecule has 0 spiro atoms. The molecule has 1 saturated heterocycles. The molecule has 6 nitrogen and oxygen atoms in total. The van der Waals surface area contributed by atoms with Crippen molar-refractivity contribution in [3.05, 3.63) is 64.7 Å². The maximum absolute atomic E-state index is 12.9. The van der Waals surface area contributed by atoms with Crippen molar-refractivity contribution in [1.29, 1.82) is 0 Å². The number of fused-ring (bicyclic) bond motifs is 1. The Morgan fingerprint density at radius 1 is 0.889 bits per heavy atom. The standard InChI is InChI=1S/C21H21N3O3/c1-14-5-3-4-6-18(14)23-9-11-24(12-10-23)19(25)15-7-8-16-17(13-15)21(27)22(2)20(16)26/h3-8,13H,9-12H2,1-2H3. The van der Waals surface area contributed by atoms with Crippen molar-refractivity contribution < 1.29 is 14.4 Å². The second-order valence-corrected chi connectivity index (χ2v) is 7.00. The van der Waals surface area contributed by atoms with E-state index in [1.807, 2.05) is 17.0 Å². The lowest BCUT2D eigenvalue weighted by molar-refractivity contribution is 0.0692. The van der Waals surface area contributed by atoms with Crippen molar-refractivity contribution in [1.82, 2.24) is 9.80 Å². The second kappa shape index (κ2) is 6.54. The molecule has 0 N–H and O–H groups in total. The minimum atomic E-state index is -0.353. The molecule has 0 bridgehead atoms. The maximum atomic E-state index is 12.9. The fourth-order valence-electron chi connectivity index (χ4n) is 3.75. The lowest BCUT2D eigenvalue weighted by Gasteiger charge is -2.36. The molecule has 6 heteroatoms. The average Bonchev–Trinajstić information content (AvgIpc) is 2.92. The number of benzene rings is 2. The zero-order valence-electron chi connectivity index (χ0n) is 15.4. The zero-order valence-corrected chi connectivity index (χ0v) is 15.4. The van der Waals surface area contributed by atoms with E-state index >= 15 is 0 Å². The first-order valence-electron chi connectivity index (χ1n) is 9.03. The van der Waals surface area contributed by atoms with Gasteiger partial charge in [-0.3, -0.25) is 19.3 Å². The topological polar surface area (TPSA) is 60.9 Å². The van der Waals surface area contributed by atoms with Gasteiger partial charge in [-0.15, -0.1) is 0 Å². The van der Waals surface area contributed by atoms with Crippen LogP contribution in [0.5, 0.6) is 0 Å². The third-order valence-electron chi connectivity index (χ3n) is 5.36. The van der Waals surface area contributed by atoms with Crippen LogP contribution in [0, 0.1) is 6.92 Å². The summed E-state index contributed by atoms with van der Waals surface area (Å²) >= 11 is 0. The Hall–Kier alpha value is -3.15. The number of rotatable bonds is 2. The number of nitrogens with zero attached hydrogens (tertiary/aromatic N) is 3. The second-order valence-electron chi connectivity index (χ2n) is 7.00. The highest BCUT2D eigenvalue weighted by atomic mass is 16.2. The quantitative estimate of drug-likeness (QED) is 0.768. The Kier molecular flexibility index (Phi) is 4.18. The minimum absolute atomic E-state index is 0.1000. The van der Waals surface area contributed by atoms with Crippen LogP contribution in [-0.2, 0) is 0 Å². The van der Waals surface area contributed by atoms with Crippen LogP contribution >= 0.6 is 0 Å². The summed E-state index contributed by atoms with van der Waals surface area (Å²) in [5.41, 5.74) is 3.56. The van der Waals surface area contributed by atoms with Gasteiger partial charge in [-0.2, -0.15) is 0 Å². The summed E-state index contributed by atoms with van der Waals surface area (Å²) < 4.78 is 0. The van der Waals surface area contributed by atoms with Crippen LogP contribution in [0.2, 0.25) is 0 Å². The van der Waals surface area contributed by atoms with E-state index < -0.39 is 0 Å². The highest BCUT2D eigenvalue weighted by molar-refractivity contribution is 6.21. The molecule has 2 aromatic rings. The number of para-hydroxylation sites is 1. The predicted octanol–water partition coefficient (Wildman–Crippen LogP) is 2.18. The molecule has 1 fully saturated rings. The van der Waals surface area contributed by atoms with Crippen LogP contribution in [0.3, 0.4) is 0 Å². The number of imide groups is 1. The zero-order chi connectivity index (χ0) is 19.1. The van der Waals surface area contributed by atoms with Crippen molar-refractivity contribution in [3.63, 3.8) is 0 Å². The van der Waals surface area contributed by atoms with Gasteiger partial charge in [0.05, 0.1) is 11.1 Å². The Morgan fingerprint density at radius 3 is 2.26 bits per heavy atom. The first-order valence-corrected chi connectivity index (χ1v) is 9.03. The van der Waals surface area contributed by atoms with E-state index in [1.165, 1.54) is 18.3 Å². The lowest BCUT2D eigenvalue weighted by Crippen LogP contribution is -2.49. The van der Waals surface area contributed by atoms with Gasteiger partial charge in [-0.05, 0) is 36.8 Å². The predicted molar refractivity (Wildman–Crippen MR) is 102 cm³/mol. The molecule has 0 aromatic heterocycles. The van der Waals surface area contributed by atoms with E-state index in [-0.39, 0.29) is 17.7 Å². The van der Waals surface area contributed by atoms with Crippen molar-refractivity contribution in [2.75, 3.05) is 38.1 Å². The maximum Gasteiger partial charge on any atom is 0.261 e. The molecule has 0 saturated carbocycles. The van der Waals surface area contributed by atoms with E-state index in [2.05, 4.69) is 24.0 Å². The number of amides is 3. The van der Waals surface area contributed by atoms with E-state index in [1.54, 1.807) is 18.2 Å². The Morgan fingerprint density at radius 2 is 1.56 bits per heavy atom. The number of carbonyl (C=O) groups is 3. The van der Waals surface area contributed by atoms with Crippen LogP contribution in [-0.4, -0.2) is 60.7 Å². The van der Waals surface area contributed by atoms with E-state index in [9.17, 15) is 14.4 Å². The number of piperazine rings is 1. The van der Waals surface area contributed by atoms with E-state index in [0.717, 1.165) is 18.0 Å². The minimum Gasteiger partial charge on any atom is -0.368 e. The first kappa shape index (κ1) is 17.3. The van der Waals surface area contributed by atoms with Gasteiger partial charge in [0.15, 0.2) is 0 Å². The van der Waals surface area contributed by atoms with Gasteiger partial charge in [-0.25, -0.2) is 0 Å². The smallest absolute Gasteiger partial charge is 0.261 e. The van der Waals surface area contributed by atoms with Crippen molar-refractivity contribution in [2.45, 2.75) is 6.92 Å². The van der Waals surface area contributed by atoms with E-state index in [0.29, 0.717) is 29.8 Å². The largest absolute Gasteiger partial charge is 0.368 e. The molecular formula is C21H21N3O3. The van der Waals surface area contributed by atoms with Gasteiger partial charge < -0.3 is 9.80 Å². The first-order chi connectivity index (χ1) is 13.0. The molecule has 138 valence electrons. The molecule has 0 atom stereocenters. The van der Waals surface area contributed by atoms with Crippen molar-refractivity contribution in [2.24, 2.45) is 0 Å². The van der Waals surface area contributed by atoms with Crippen LogP contribution in [0.25, 0.3) is 0 Å². The number of hydrogen-bond donors (Lipinski definition) is 0. The van der Waals surface area contributed by atoms with E-state index in [4.69, 9.17) is 0 Å². The molecule has 0 radical (unpaired) electrons. The summed E-state index contributed by atoms with van der Waals surface area (Å²) in [6.07, 6.45) is 0. The number of hydrogen-bond acceptors (Lipinski definition) is 4. The van der Waals surface area contributed by atoms with Crippen LogP contribution < -0.4 is 4.90 Å². The molecule has 3 amide bonds. The van der Waals surface area contributed by atoms with Gasteiger partial charge >= 0.3 is 0 Å². The Bertz CT molecular complexity index is 945. The van der Waals surface area contributed by atoms with Crippen LogP contribution in [0.1, 0.15) is 36.6 Å². The lowest BCUT2D eigenvalue weighted by atomic mass is 10.0. The summed E-state index contributed by atoms with van der Waals surface area (Å²) in [6, 6.07) is 13.0. The van der Waals surface area contributed by atoms with Gasteiger partial charge in [0.25, 0.3) is 17.7 Å². The van der Waals surface area contributed by atoms with Gasteiger partial charge in [0, 0.05) is 44.5 Å². The highest BCUT2D eigenvalue weighted by Crippen LogP contribution is 2.24. The summed E-state index contributed by atoms with van der Waals surface area (Å²) in [5, 5.41) is 0. The summed E-state index contributed by atoms with van der Waals surface area (Å²) in [5.74, 6) is -0.771. The van der Waals surface area contributed by atoms with Gasteiger partial charge in [-0.1, -0.05) is 18.2 Å². The summed E-state index contributed by atoms with van der Waals surface area (Å²) in [6.45, 7) is 4.87. The third kappa shape index (κ3) is 2.87. The fourth-order valence-corrected chi connectivity index (χ4v) is 3.75. The number of carbonyl (C=O) groups excluding carboxylic acids is 3. The number of aryl methyl sites for hydroxylation is 1. The number of anilines is 1. The molecule has 2 aliphatic heterocycles. The van der Waals surface area contributed by atoms with Crippen molar-refractivity contribution >= 4 is 23.4 Å². The molecule has 0 unspecified atom stereocenters. The summed E-state index contributed by atoms with van der Waals surface area (Å²) in [7, 11) is 1.46. The van der Waals surface area contributed by atoms with Crippen LogP contribution in [0.4, 0.5) is 5.69 Å². The SMILES string of the molecule is Cc1ccccc1N1CCN(C(=O)c2ccc3c(c2)C(=O)N(C)C3=O)CC1. The molecular weight excluding hydrogens is 342 g/mol. The molecule has 2 heterocycles. The molecule has 2 aliphatic rings. The van der Waals surface area contributed by atoms with Crippen molar-refractivity contribution in [3.8, 4) is 0 Å². The Balaban J connectivity index is 1.49. The molecule has 2 aromatic carbocycles. The molecule has 0 aliphatic carbocycles. The van der Waals surface area contributed by atoms with Gasteiger partial charge in [0.2, 0.25) is 0 Å². The average molecular weight is 363 g/mol. The molecule has 27 heavy (non-hydrogen) atoms. The fraction of sp³-hybridized carbons (Fsp3) is 0.286. The van der Waals surface area contributed by atoms with Gasteiger partial charge in [0.1, 0.15) is 0 Å². The third-order valence-corrected chi connectivity index (χ3v) is 5.36. The molecule has 4 rings (SSSR count). The monoisotopic (exact) mass is 363 g/mol. The summed E-state index contributed by atoms with van der Waals surface area (Å²) in [4.78, 5) is 42.2. The highest BCUT2D eigenvalue weighted by Gasteiger charge is 2.34. The van der Waals surface area contributed by atoms with Crippen LogP contribution in [0.15, 0.2) is 42.5 Å². The Labute approximate surface area is 158 Å². The normalized spacial score (nSPS) is 16.7.